The summed E-state index contributed by atoms with van der Waals surface area (Å²) in [4.78, 5) is 22.2. The monoisotopic (exact) mass is 265 g/mol. The van der Waals surface area contributed by atoms with Crippen molar-refractivity contribution in [1.29, 1.82) is 0 Å². The molecule has 0 bridgehead atoms. The molecule has 1 unspecified atom stereocenters. The van der Waals surface area contributed by atoms with Crippen LogP contribution in [0.2, 0.25) is 0 Å². The van der Waals surface area contributed by atoms with Crippen molar-refractivity contribution in [1.82, 2.24) is 19.5 Å². The number of aromatic amines is 1. The first-order valence-corrected chi connectivity index (χ1v) is 6.12. The van der Waals surface area contributed by atoms with E-state index < -0.39 is 6.10 Å². The van der Waals surface area contributed by atoms with E-state index in [1.807, 2.05) is 0 Å². The van der Waals surface area contributed by atoms with E-state index >= 15 is 0 Å². The number of nitrogen functional groups attached to an aromatic ring is 1. The summed E-state index contributed by atoms with van der Waals surface area (Å²) in [6, 6.07) is 0. The van der Waals surface area contributed by atoms with Gasteiger partial charge in [-0.15, -0.1) is 0 Å². The molecule has 2 aromatic heterocycles. The summed E-state index contributed by atoms with van der Waals surface area (Å²) in [5, 5.41) is 9.53. The number of aliphatic hydroxyl groups excluding tert-OH is 1. The minimum atomic E-state index is -0.527. The van der Waals surface area contributed by atoms with Gasteiger partial charge in [-0.2, -0.15) is 4.98 Å². The molecule has 0 saturated carbocycles. The number of hydrogen-bond donors (Lipinski definition) is 3. The highest BCUT2D eigenvalue weighted by Crippen LogP contribution is 2.31. The van der Waals surface area contributed by atoms with Gasteiger partial charge in [0.25, 0.3) is 5.56 Å². The number of nitrogens with two attached hydrogens (primary N) is 1. The minimum absolute atomic E-state index is 0.0457. The second-order valence-corrected chi connectivity index (χ2v) is 4.72. The Hall–Kier alpha value is -1.93. The molecule has 0 spiro atoms. The summed E-state index contributed by atoms with van der Waals surface area (Å²) in [6.45, 7) is 1.69. The second-order valence-electron chi connectivity index (χ2n) is 4.72. The lowest BCUT2D eigenvalue weighted by molar-refractivity contribution is -0.0515. The molecule has 3 rings (SSSR count). The first-order valence-electron chi connectivity index (χ1n) is 6.12. The highest BCUT2D eigenvalue weighted by Gasteiger charge is 2.30. The van der Waals surface area contributed by atoms with Gasteiger partial charge in [0.1, 0.15) is 6.23 Å². The normalized spacial score (nSPS) is 24.9. The lowest BCUT2D eigenvalue weighted by Crippen LogP contribution is -2.22. The Labute approximate surface area is 108 Å². The second kappa shape index (κ2) is 4.32. The average molecular weight is 265 g/mol. The van der Waals surface area contributed by atoms with Crippen LogP contribution in [-0.2, 0) is 4.74 Å². The maximum atomic E-state index is 11.7. The summed E-state index contributed by atoms with van der Waals surface area (Å²) in [5.74, 6) is 0.0457. The van der Waals surface area contributed by atoms with Gasteiger partial charge in [0.15, 0.2) is 11.2 Å². The molecule has 3 atom stereocenters. The van der Waals surface area contributed by atoms with E-state index in [4.69, 9.17) is 10.5 Å². The molecule has 0 amide bonds. The zero-order valence-electron chi connectivity index (χ0n) is 10.4. The van der Waals surface area contributed by atoms with Crippen molar-refractivity contribution in [3.8, 4) is 0 Å². The van der Waals surface area contributed by atoms with E-state index in [-0.39, 0.29) is 29.4 Å². The zero-order valence-corrected chi connectivity index (χ0v) is 10.4. The molecule has 19 heavy (non-hydrogen) atoms. The first-order chi connectivity index (χ1) is 9.06. The van der Waals surface area contributed by atoms with Crippen molar-refractivity contribution in [3.63, 3.8) is 0 Å². The number of rotatable bonds is 2. The van der Waals surface area contributed by atoms with Crippen LogP contribution >= 0.6 is 0 Å². The van der Waals surface area contributed by atoms with E-state index in [1.165, 1.54) is 6.33 Å². The van der Waals surface area contributed by atoms with Crippen LogP contribution in [0, 0.1) is 0 Å². The Morgan fingerprint density at radius 1 is 1.63 bits per heavy atom. The fraction of sp³-hybridized carbons (Fsp3) is 0.545. The van der Waals surface area contributed by atoms with E-state index in [9.17, 15) is 9.90 Å². The number of imidazole rings is 1. The quantitative estimate of drug-likeness (QED) is 0.689. The summed E-state index contributed by atoms with van der Waals surface area (Å²) in [6.07, 6.45) is 1.98. The maximum absolute atomic E-state index is 11.7. The Kier molecular flexibility index (Phi) is 2.76. The van der Waals surface area contributed by atoms with Crippen LogP contribution in [0.3, 0.4) is 0 Å². The van der Waals surface area contributed by atoms with Gasteiger partial charge in [-0.1, -0.05) is 0 Å². The third-order valence-corrected chi connectivity index (χ3v) is 3.33. The molecular formula is C11H15N5O3. The SMILES string of the molecule is CC(O)[C@@H]1CC[C@H](n2cnc3c(=O)[nH]c(N)nc32)O1. The molecule has 1 saturated heterocycles. The molecule has 0 aromatic carbocycles. The van der Waals surface area contributed by atoms with Gasteiger partial charge in [0, 0.05) is 0 Å². The highest BCUT2D eigenvalue weighted by molar-refractivity contribution is 5.70. The van der Waals surface area contributed by atoms with Crippen molar-refractivity contribution in [2.45, 2.75) is 38.2 Å². The third kappa shape index (κ3) is 1.98. The van der Waals surface area contributed by atoms with Gasteiger partial charge in [0.05, 0.1) is 18.5 Å². The molecule has 102 valence electrons. The Morgan fingerprint density at radius 3 is 3.11 bits per heavy atom. The van der Waals surface area contributed by atoms with Crippen molar-refractivity contribution >= 4 is 17.1 Å². The highest BCUT2D eigenvalue weighted by atomic mass is 16.5. The number of aromatic nitrogens is 4. The number of hydrogen-bond acceptors (Lipinski definition) is 6. The van der Waals surface area contributed by atoms with Crippen LogP contribution in [0.5, 0.6) is 0 Å². The van der Waals surface area contributed by atoms with Crippen molar-refractivity contribution in [2.24, 2.45) is 0 Å². The van der Waals surface area contributed by atoms with Crippen LogP contribution in [0.25, 0.3) is 11.2 Å². The minimum Gasteiger partial charge on any atom is -0.391 e. The van der Waals surface area contributed by atoms with E-state index in [0.29, 0.717) is 5.65 Å². The molecule has 1 fully saturated rings. The Morgan fingerprint density at radius 2 is 2.42 bits per heavy atom. The lowest BCUT2D eigenvalue weighted by atomic mass is 10.1. The van der Waals surface area contributed by atoms with Gasteiger partial charge in [-0.25, -0.2) is 4.98 Å². The molecule has 8 heteroatoms. The van der Waals surface area contributed by atoms with Gasteiger partial charge in [-0.3, -0.25) is 14.3 Å². The number of aliphatic hydroxyl groups is 1. The van der Waals surface area contributed by atoms with Crippen molar-refractivity contribution < 1.29 is 9.84 Å². The lowest BCUT2D eigenvalue weighted by Gasteiger charge is -2.16. The topological polar surface area (TPSA) is 119 Å². The third-order valence-electron chi connectivity index (χ3n) is 3.33. The molecule has 1 aliphatic heterocycles. The smallest absolute Gasteiger partial charge is 0.280 e. The van der Waals surface area contributed by atoms with Crippen molar-refractivity contribution in [3.05, 3.63) is 16.7 Å². The van der Waals surface area contributed by atoms with Crippen molar-refractivity contribution in [2.75, 3.05) is 5.73 Å². The standard InChI is InChI=1S/C11H15N5O3/c1-5(17)6-2-3-7(19-6)16-4-13-8-9(16)14-11(12)15-10(8)18/h4-7,17H,2-3H2,1H3,(H3,12,14,15,18)/t5?,6-,7+/m0/s1. The van der Waals surface area contributed by atoms with Gasteiger partial charge in [-0.05, 0) is 19.8 Å². The first kappa shape index (κ1) is 12.1. The number of nitrogens with one attached hydrogen (secondary N) is 1. The number of nitrogens with zero attached hydrogens (tertiary/aromatic N) is 3. The predicted octanol–water partition coefficient (Wildman–Crippen LogP) is -0.240. The predicted molar refractivity (Wildman–Crippen MR) is 67.4 cm³/mol. The summed E-state index contributed by atoms with van der Waals surface area (Å²) in [7, 11) is 0. The van der Waals surface area contributed by atoms with Gasteiger partial charge in [0.2, 0.25) is 5.95 Å². The van der Waals surface area contributed by atoms with E-state index in [2.05, 4.69) is 15.0 Å². The number of fused-ring (bicyclic) bond motifs is 1. The molecule has 3 heterocycles. The fourth-order valence-corrected chi connectivity index (χ4v) is 2.36. The number of anilines is 1. The molecule has 4 N–H and O–H groups in total. The Bertz CT molecular complexity index is 662. The largest absolute Gasteiger partial charge is 0.391 e. The average Bonchev–Trinajstić information content (AvgIpc) is 2.93. The summed E-state index contributed by atoms with van der Waals surface area (Å²) in [5.41, 5.74) is 5.80. The van der Waals surface area contributed by atoms with Crippen LogP contribution in [0.4, 0.5) is 5.95 Å². The van der Waals surface area contributed by atoms with Crippen LogP contribution < -0.4 is 11.3 Å². The van der Waals surface area contributed by atoms with Crippen LogP contribution in [0.1, 0.15) is 26.0 Å². The summed E-state index contributed by atoms with van der Waals surface area (Å²) < 4.78 is 7.42. The molecule has 0 radical (unpaired) electrons. The molecule has 2 aromatic rings. The zero-order chi connectivity index (χ0) is 13.6. The number of ether oxygens (including phenoxy) is 1. The summed E-state index contributed by atoms with van der Waals surface area (Å²) >= 11 is 0. The number of H-pyrrole nitrogens is 1. The molecule has 1 aliphatic rings. The molecule has 8 nitrogen and oxygen atoms in total. The van der Waals surface area contributed by atoms with Crippen LogP contribution in [-0.4, -0.2) is 36.8 Å². The van der Waals surface area contributed by atoms with E-state index in [0.717, 1.165) is 12.8 Å². The maximum Gasteiger partial charge on any atom is 0.280 e. The van der Waals surface area contributed by atoms with Crippen LogP contribution in [0.15, 0.2) is 11.1 Å². The van der Waals surface area contributed by atoms with E-state index in [1.54, 1.807) is 11.5 Å². The molecule has 0 aliphatic carbocycles. The van der Waals surface area contributed by atoms with Gasteiger partial charge >= 0.3 is 0 Å². The fourth-order valence-electron chi connectivity index (χ4n) is 2.36. The Balaban J connectivity index is 2.00. The van der Waals surface area contributed by atoms with Gasteiger partial charge < -0.3 is 15.6 Å². The molecular weight excluding hydrogens is 250 g/mol.